The fourth-order valence-electron chi connectivity index (χ4n) is 4.00. The van der Waals surface area contributed by atoms with Gasteiger partial charge < -0.3 is 15.0 Å². The van der Waals surface area contributed by atoms with Crippen LogP contribution in [0.1, 0.15) is 24.2 Å². The Morgan fingerprint density at radius 2 is 1.85 bits per heavy atom. The van der Waals surface area contributed by atoms with Crippen LogP contribution in [0, 0.1) is 6.92 Å². The highest BCUT2D eigenvalue weighted by Gasteiger charge is 2.24. The van der Waals surface area contributed by atoms with E-state index in [-0.39, 0.29) is 6.04 Å². The van der Waals surface area contributed by atoms with Crippen molar-refractivity contribution >= 4 is 10.8 Å². The molecule has 1 aliphatic rings. The van der Waals surface area contributed by atoms with Crippen LogP contribution in [0.25, 0.3) is 22.0 Å². The van der Waals surface area contributed by atoms with E-state index < -0.39 is 0 Å². The van der Waals surface area contributed by atoms with Gasteiger partial charge in [0, 0.05) is 30.6 Å². The number of rotatable bonds is 4. The lowest BCUT2D eigenvalue weighted by Crippen LogP contribution is -2.45. The van der Waals surface area contributed by atoms with Crippen LogP contribution in [0.4, 0.5) is 0 Å². The first-order chi connectivity index (χ1) is 13.2. The average molecular weight is 361 g/mol. The summed E-state index contributed by atoms with van der Waals surface area (Å²) >= 11 is 0. The molecule has 0 aliphatic carbocycles. The molecule has 1 aromatic heterocycles. The fraction of sp³-hybridized carbons (Fsp3) is 0.348. The van der Waals surface area contributed by atoms with Crippen molar-refractivity contribution in [1.82, 2.24) is 15.2 Å². The van der Waals surface area contributed by atoms with Gasteiger partial charge in [-0.1, -0.05) is 31.2 Å². The van der Waals surface area contributed by atoms with Crippen molar-refractivity contribution in [2.24, 2.45) is 0 Å². The molecule has 0 spiro atoms. The molecule has 4 heteroatoms. The molecule has 1 atom stereocenters. The lowest BCUT2D eigenvalue weighted by Gasteiger charge is -2.33. The van der Waals surface area contributed by atoms with E-state index in [2.05, 4.69) is 60.5 Å². The maximum atomic E-state index is 5.31. The number of hydrogen-bond donors (Lipinski definition) is 1. The minimum atomic E-state index is 0.251. The number of benzene rings is 2. The van der Waals surface area contributed by atoms with Crippen molar-refractivity contribution in [2.75, 3.05) is 33.3 Å². The maximum Gasteiger partial charge on any atom is 0.118 e. The number of ether oxygens (including phenoxy) is 1. The minimum absolute atomic E-state index is 0.251. The largest absolute Gasteiger partial charge is 0.497 e. The Bertz CT molecular complexity index is 936. The van der Waals surface area contributed by atoms with Gasteiger partial charge in [0.1, 0.15) is 5.75 Å². The molecule has 1 aliphatic heterocycles. The third-order valence-corrected chi connectivity index (χ3v) is 5.59. The Morgan fingerprint density at radius 3 is 2.56 bits per heavy atom. The molecule has 0 radical (unpaired) electrons. The molecule has 0 bridgehead atoms. The van der Waals surface area contributed by atoms with E-state index in [1.807, 2.05) is 12.1 Å². The average Bonchev–Trinajstić information content (AvgIpc) is 2.74. The lowest BCUT2D eigenvalue weighted by atomic mass is 9.96. The predicted octanol–water partition coefficient (Wildman–Crippen LogP) is 4.19. The van der Waals surface area contributed by atoms with Crippen LogP contribution < -0.4 is 10.1 Å². The van der Waals surface area contributed by atoms with Crippen molar-refractivity contribution < 1.29 is 4.74 Å². The van der Waals surface area contributed by atoms with Crippen LogP contribution in [-0.4, -0.2) is 43.2 Å². The lowest BCUT2D eigenvalue weighted by molar-refractivity contribution is 0.209. The number of hydrogen-bond acceptors (Lipinski definition) is 4. The second-order valence-electron chi connectivity index (χ2n) is 7.14. The molecule has 1 N–H and O–H groups in total. The molecule has 0 amide bonds. The fourth-order valence-corrected chi connectivity index (χ4v) is 4.00. The van der Waals surface area contributed by atoms with E-state index in [4.69, 9.17) is 9.72 Å². The summed E-state index contributed by atoms with van der Waals surface area (Å²) in [7, 11) is 1.70. The summed E-state index contributed by atoms with van der Waals surface area (Å²) in [6.45, 7) is 8.57. The number of likely N-dealkylation sites (N-methyl/N-ethyl adjacent to an activating group) is 1. The highest BCUT2D eigenvalue weighted by Crippen LogP contribution is 2.33. The smallest absolute Gasteiger partial charge is 0.118 e. The van der Waals surface area contributed by atoms with Crippen molar-refractivity contribution in [1.29, 1.82) is 0 Å². The van der Waals surface area contributed by atoms with Crippen LogP contribution in [0.2, 0.25) is 0 Å². The third-order valence-electron chi connectivity index (χ3n) is 5.59. The van der Waals surface area contributed by atoms with Gasteiger partial charge in [-0.2, -0.15) is 0 Å². The Hall–Kier alpha value is -2.43. The summed E-state index contributed by atoms with van der Waals surface area (Å²) in [5.41, 5.74) is 4.56. The van der Waals surface area contributed by atoms with Gasteiger partial charge in [-0.25, -0.2) is 0 Å². The zero-order valence-corrected chi connectivity index (χ0v) is 16.3. The predicted molar refractivity (Wildman–Crippen MR) is 111 cm³/mol. The molecule has 4 nitrogen and oxygen atoms in total. The standard InChI is InChI=1S/C23H27N3O/c1-4-26-14-13-24-21(15-26)23-20-8-6-5-7-19(20)16(2)22(25-23)17-9-11-18(27-3)12-10-17/h5-12,21,24H,4,13-15H2,1-3H3. The molecule has 1 unspecified atom stereocenters. The van der Waals surface area contributed by atoms with Gasteiger partial charge >= 0.3 is 0 Å². The Kier molecular flexibility index (Phi) is 5.10. The number of nitrogens with zero attached hydrogens (tertiary/aromatic N) is 2. The second kappa shape index (κ2) is 7.67. The second-order valence-corrected chi connectivity index (χ2v) is 7.14. The van der Waals surface area contributed by atoms with E-state index in [9.17, 15) is 0 Å². The number of fused-ring (bicyclic) bond motifs is 1. The molecular weight excluding hydrogens is 334 g/mol. The molecule has 140 valence electrons. The van der Waals surface area contributed by atoms with Crippen molar-refractivity contribution in [3.63, 3.8) is 0 Å². The molecular formula is C23H27N3O. The van der Waals surface area contributed by atoms with Crippen LogP contribution >= 0.6 is 0 Å². The summed E-state index contributed by atoms with van der Waals surface area (Å²) in [5, 5.41) is 6.22. The van der Waals surface area contributed by atoms with Crippen molar-refractivity contribution in [3.05, 3.63) is 59.8 Å². The highest BCUT2D eigenvalue weighted by molar-refractivity contribution is 5.92. The van der Waals surface area contributed by atoms with Crippen LogP contribution in [0.5, 0.6) is 5.75 Å². The normalized spacial score (nSPS) is 18.0. The van der Waals surface area contributed by atoms with Crippen LogP contribution in [0.3, 0.4) is 0 Å². The van der Waals surface area contributed by atoms with E-state index >= 15 is 0 Å². The van der Waals surface area contributed by atoms with Gasteiger partial charge in [0.25, 0.3) is 0 Å². The number of aromatic nitrogens is 1. The topological polar surface area (TPSA) is 37.4 Å². The molecule has 3 aromatic rings. The molecule has 2 aromatic carbocycles. The summed E-state index contributed by atoms with van der Waals surface area (Å²) in [5.74, 6) is 0.866. The number of methoxy groups -OCH3 is 1. The van der Waals surface area contributed by atoms with E-state index in [0.29, 0.717) is 0 Å². The first-order valence-electron chi connectivity index (χ1n) is 9.70. The van der Waals surface area contributed by atoms with E-state index in [1.54, 1.807) is 7.11 Å². The Balaban J connectivity index is 1.86. The molecule has 1 fully saturated rings. The van der Waals surface area contributed by atoms with Crippen LogP contribution in [-0.2, 0) is 0 Å². The monoisotopic (exact) mass is 361 g/mol. The number of pyridine rings is 1. The molecule has 27 heavy (non-hydrogen) atoms. The zero-order valence-electron chi connectivity index (χ0n) is 16.3. The molecule has 1 saturated heterocycles. The first kappa shape index (κ1) is 18.0. The van der Waals surface area contributed by atoms with Gasteiger partial charge in [-0.3, -0.25) is 4.98 Å². The molecule has 2 heterocycles. The summed E-state index contributed by atoms with van der Waals surface area (Å²) < 4.78 is 5.31. The summed E-state index contributed by atoms with van der Waals surface area (Å²) in [6.07, 6.45) is 0. The van der Waals surface area contributed by atoms with Crippen LogP contribution in [0.15, 0.2) is 48.5 Å². The first-order valence-corrected chi connectivity index (χ1v) is 9.70. The van der Waals surface area contributed by atoms with Gasteiger partial charge in [0.05, 0.1) is 24.5 Å². The van der Waals surface area contributed by atoms with E-state index in [0.717, 1.165) is 48.9 Å². The van der Waals surface area contributed by atoms with Crippen molar-refractivity contribution in [3.8, 4) is 17.0 Å². The third kappa shape index (κ3) is 3.43. The summed E-state index contributed by atoms with van der Waals surface area (Å²) in [6, 6.07) is 17.1. The Morgan fingerprint density at radius 1 is 1.11 bits per heavy atom. The zero-order chi connectivity index (χ0) is 18.8. The van der Waals surface area contributed by atoms with Gasteiger partial charge in [-0.05, 0) is 48.7 Å². The Labute approximate surface area is 161 Å². The number of aryl methyl sites for hydroxylation is 1. The molecule has 0 saturated carbocycles. The summed E-state index contributed by atoms with van der Waals surface area (Å²) in [4.78, 5) is 7.68. The number of piperazine rings is 1. The molecule has 4 rings (SSSR count). The van der Waals surface area contributed by atoms with Gasteiger partial charge in [0.2, 0.25) is 0 Å². The highest BCUT2D eigenvalue weighted by atomic mass is 16.5. The van der Waals surface area contributed by atoms with Crippen molar-refractivity contribution in [2.45, 2.75) is 19.9 Å². The van der Waals surface area contributed by atoms with E-state index in [1.165, 1.54) is 16.3 Å². The maximum absolute atomic E-state index is 5.31. The SMILES string of the molecule is CCN1CCNC(c2nc(-c3ccc(OC)cc3)c(C)c3ccccc23)C1. The van der Waals surface area contributed by atoms with Gasteiger partial charge in [-0.15, -0.1) is 0 Å². The number of nitrogens with one attached hydrogen (secondary N) is 1. The van der Waals surface area contributed by atoms with Gasteiger partial charge in [0.15, 0.2) is 0 Å². The quantitative estimate of drug-likeness (QED) is 0.756. The minimum Gasteiger partial charge on any atom is -0.497 e.